The van der Waals surface area contributed by atoms with Gasteiger partial charge in [-0.25, -0.2) is 0 Å². The van der Waals surface area contributed by atoms with Crippen LogP contribution in [0.25, 0.3) is 0 Å². The van der Waals surface area contributed by atoms with Crippen molar-refractivity contribution in [3.63, 3.8) is 0 Å². The molecule has 2 nitrogen and oxygen atoms in total. The standard InChI is InChI=1S/C29H52O2/c1-2-3-4-5-6-7-8-9-10-11-12-13-14-15-16-17-18-19-20-21-22-23-24-25-26-27-28-29(30)31/h6-7,20-21,24-25H,2-5,8-19,22-23,26-28H2,1H3,(H,30,31)/b7-6+,21-20+,25-24+. The summed E-state index contributed by atoms with van der Waals surface area (Å²) in [5.74, 6) is -0.696. The molecule has 2 heteroatoms. The lowest BCUT2D eigenvalue weighted by molar-refractivity contribution is -0.137. The van der Waals surface area contributed by atoms with Gasteiger partial charge >= 0.3 is 5.97 Å². The third-order valence-electron chi connectivity index (χ3n) is 5.73. The minimum absolute atomic E-state index is 0.279. The largest absolute Gasteiger partial charge is 0.481 e. The highest BCUT2D eigenvalue weighted by Crippen LogP contribution is 2.12. The fourth-order valence-corrected chi connectivity index (χ4v) is 3.72. The maximum atomic E-state index is 10.4. The summed E-state index contributed by atoms with van der Waals surface area (Å²) in [6.07, 6.45) is 39.6. The Morgan fingerprint density at radius 2 is 0.806 bits per heavy atom. The van der Waals surface area contributed by atoms with Gasteiger partial charge in [0, 0.05) is 6.42 Å². The van der Waals surface area contributed by atoms with Crippen LogP contribution in [0.5, 0.6) is 0 Å². The van der Waals surface area contributed by atoms with Crippen LogP contribution in [-0.2, 0) is 4.79 Å². The Labute approximate surface area is 194 Å². The van der Waals surface area contributed by atoms with Gasteiger partial charge in [0.15, 0.2) is 0 Å². The predicted octanol–water partition coefficient (Wildman–Crippen LogP) is 9.95. The van der Waals surface area contributed by atoms with E-state index in [2.05, 4.69) is 43.4 Å². The van der Waals surface area contributed by atoms with Crippen molar-refractivity contribution in [1.82, 2.24) is 0 Å². The number of hydrogen-bond donors (Lipinski definition) is 1. The number of carbonyl (C=O) groups is 1. The molecule has 0 saturated carbocycles. The second-order valence-electron chi connectivity index (χ2n) is 8.89. The minimum atomic E-state index is -0.696. The summed E-state index contributed by atoms with van der Waals surface area (Å²) in [5, 5.41) is 8.57. The van der Waals surface area contributed by atoms with Crippen molar-refractivity contribution < 1.29 is 9.90 Å². The second-order valence-corrected chi connectivity index (χ2v) is 8.89. The molecule has 0 saturated heterocycles. The number of hydrogen-bond acceptors (Lipinski definition) is 1. The van der Waals surface area contributed by atoms with E-state index in [0.29, 0.717) is 0 Å². The topological polar surface area (TPSA) is 37.3 Å². The van der Waals surface area contributed by atoms with Crippen molar-refractivity contribution >= 4 is 5.97 Å². The first-order chi connectivity index (χ1) is 15.3. The molecule has 0 heterocycles. The first kappa shape index (κ1) is 29.7. The molecule has 0 amide bonds. The van der Waals surface area contributed by atoms with Crippen LogP contribution in [0.3, 0.4) is 0 Å². The summed E-state index contributed by atoms with van der Waals surface area (Å²) in [4.78, 5) is 10.4. The number of aliphatic carboxylic acids is 1. The van der Waals surface area contributed by atoms with Gasteiger partial charge in [0.2, 0.25) is 0 Å². The summed E-state index contributed by atoms with van der Waals surface area (Å²) in [7, 11) is 0. The van der Waals surface area contributed by atoms with Gasteiger partial charge < -0.3 is 5.11 Å². The molecule has 31 heavy (non-hydrogen) atoms. The van der Waals surface area contributed by atoms with E-state index in [9.17, 15) is 4.79 Å². The minimum Gasteiger partial charge on any atom is -0.481 e. The van der Waals surface area contributed by atoms with E-state index >= 15 is 0 Å². The van der Waals surface area contributed by atoms with Crippen LogP contribution < -0.4 is 0 Å². The Bertz CT molecular complexity index is 448. The number of allylic oxidation sites excluding steroid dienone is 6. The lowest BCUT2D eigenvalue weighted by Crippen LogP contribution is -1.92. The van der Waals surface area contributed by atoms with Crippen LogP contribution in [0.2, 0.25) is 0 Å². The van der Waals surface area contributed by atoms with Gasteiger partial charge in [0.05, 0.1) is 0 Å². The molecule has 0 bridgehead atoms. The first-order valence-electron chi connectivity index (χ1n) is 13.4. The van der Waals surface area contributed by atoms with Crippen molar-refractivity contribution in [2.45, 2.75) is 142 Å². The lowest BCUT2D eigenvalue weighted by atomic mass is 10.0. The molecule has 180 valence electrons. The van der Waals surface area contributed by atoms with Gasteiger partial charge in [0.25, 0.3) is 0 Å². The average molecular weight is 433 g/mol. The number of carboxylic acid groups (broad SMARTS) is 1. The van der Waals surface area contributed by atoms with Gasteiger partial charge in [0.1, 0.15) is 0 Å². The molecule has 0 spiro atoms. The van der Waals surface area contributed by atoms with E-state index in [0.717, 1.165) is 25.7 Å². The van der Waals surface area contributed by atoms with Gasteiger partial charge in [-0.05, 0) is 64.2 Å². The zero-order chi connectivity index (χ0) is 22.7. The fourth-order valence-electron chi connectivity index (χ4n) is 3.72. The SMILES string of the molecule is CCCCC/C=C/CCCCCCCCCCCC/C=C/CC/C=C/CCCC(=O)O. The molecule has 0 aromatic carbocycles. The highest BCUT2D eigenvalue weighted by atomic mass is 16.4. The molecule has 1 N–H and O–H groups in total. The molecule has 0 fully saturated rings. The molecule has 0 aromatic rings. The van der Waals surface area contributed by atoms with E-state index in [1.807, 2.05) is 0 Å². The molecule has 0 unspecified atom stereocenters. The predicted molar refractivity (Wildman–Crippen MR) is 138 cm³/mol. The zero-order valence-corrected chi connectivity index (χ0v) is 20.7. The van der Waals surface area contributed by atoms with Crippen LogP contribution in [0, 0.1) is 0 Å². The number of carboxylic acids is 1. The Hall–Kier alpha value is -1.31. The van der Waals surface area contributed by atoms with Crippen molar-refractivity contribution in [1.29, 1.82) is 0 Å². The Morgan fingerprint density at radius 1 is 0.484 bits per heavy atom. The number of rotatable bonds is 24. The number of unbranched alkanes of at least 4 members (excludes halogenated alkanes) is 16. The van der Waals surface area contributed by atoms with Crippen LogP contribution in [0.4, 0.5) is 0 Å². The van der Waals surface area contributed by atoms with E-state index < -0.39 is 5.97 Å². The fraction of sp³-hybridized carbons (Fsp3) is 0.759. The Kier molecular flexibility index (Phi) is 25.6. The summed E-state index contributed by atoms with van der Waals surface area (Å²) >= 11 is 0. The summed E-state index contributed by atoms with van der Waals surface area (Å²) < 4.78 is 0. The third kappa shape index (κ3) is 28.7. The Balaban J connectivity index is 3.17. The van der Waals surface area contributed by atoms with E-state index in [4.69, 9.17) is 5.11 Å². The Morgan fingerprint density at radius 3 is 1.19 bits per heavy atom. The monoisotopic (exact) mass is 432 g/mol. The van der Waals surface area contributed by atoms with Crippen LogP contribution in [0.1, 0.15) is 142 Å². The third-order valence-corrected chi connectivity index (χ3v) is 5.73. The van der Waals surface area contributed by atoms with Crippen LogP contribution in [0.15, 0.2) is 36.5 Å². The van der Waals surface area contributed by atoms with Crippen LogP contribution >= 0.6 is 0 Å². The summed E-state index contributed by atoms with van der Waals surface area (Å²) in [6.45, 7) is 2.27. The molecule has 0 rings (SSSR count). The lowest BCUT2D eigenvalue weighted by Gasteiger charge is -2.02. The van der Waals surface area contributed by atoms with Gasteiger partial charge in [-0.3, -0.25) is 4.79 Å². The van der Waals surface area contributed by atoms with Crippen LogP contribution in [-0.4, -0.2) is 11.1 Å². The maximum Gasteiger partial charge on any atom is 0.303 e. The first-order valence-corrected chi connectivity index (χ1v) is 13.4. The van der Waals surface area contributed by atoms with E-state index in [1.165, 1.54) is 103 Å². The highest BCUT2D eigenvalue weighted by molar-refractivity contribution is 5.66. The van der Waals surface area contributed by atoms with Gasteiger partial charge in [-0.2, -0.15) is 0 Å². The molecule has 0 aliphatic rings. The molecular weight excluding hydrogens is 380 g/mol. The average Bonchev–Trinajstić information content (AvgIpc) is 2.76. The normalized spacial score (nSPS) is 12.0. The van der Waals surface area contributed by atoms with Crippen molar-refractivity contribution in [2.75, 3.05) is 0 Å². The summed E-state index contributed by atoms with van der Waals surface area (Å²) in [6, 6.07) is 0. The van der Waals surface area contributed by atoms with Crippen molar-refractivity contribution in [2.24, 2.45) is 0 Å². The summed E-state index contributed by atoms with van der Waals surface area (Å²) in [5.41, 5.74) is 0. The molecule has 0 aliphatic heterocycles. The molecule has 0 aromatic heterocycles. The van der Waals surface area contributed by atoms with E-state index in [-0.39, 0.29) is 6.42 Å². The smallest absolute Gasteiger partial charge is 0.303 e. The molecular formula is C29H52O2. The molecule has 0 atom stereocenters. The molecule has 0 aliphatic carbocycles. The van der Waals surface area contributed by atoms with Gasteiger partial charge in [-0.1, -0.05) is 108 Å². The quantitative estimate of drug-likeness (QED) is 0.122. The van der Waals surface area contributed by atoms with Gasteiger partial charge in [-0.15, -0.1) is 0 Å². The highest BCUT2D eigenvalue weighted by Gasteiger charge is 1.94. The second kappa shape index (κ2) is 26.7. The molecule has 0 radical (unpaired) electrons. The van der Waals surface area contributed by atoms with Crippen molar-refractivity contribution in [3.05, 3.63) is 36.5 Å². The van der Waals surface area contributed by atoms with Crippen molar-refractivity contribution in [3.8, 4) is 0 Å². The zero-order valence-electron chi connectivity index (χ0n) is 20.7. The maximum absolute atomic E-state index is 10.4. The van der Waals surface area contributed by atoms with E-state index in [1.54, 1.807) is 0 Å².